The molecule has 2 rings (SSSR count). The summed E-state index contributed by atoms with van der Waals surface area (Å²) in [4.78, 5) is 27.6. The van der Waals surface area contributed by atoms with Crippen LogP contribution in [-0.4, -0.2) is 39.2 Å². The number of nitrogens with one attached hydrogen (secondary N) is 1. The lowest BCUT2D eigenvalue weighted by molar-refractivity contribution is -0.146. The number of aliphatic carboxylic acids is 1. The number of carboxylic acid groups (broad SMARTS) is 1. The zero-order valence-electron chi connectivity index (χ0n) is 12.1. The van der Waals surface area contributed by atoms with Gasteiger partial charge in [-0.05, 0) is 32.2 Å². The molecular weight excluding hydrogens is 290 g/mol. The maximum atomic E-state index is 12.3. The summed E-state index contributed by atoms with van der Waals surface area (Å²) >= 11 is 1.44. The predicted molar refractivity (Wildman–Crippen MR) is 80.7 cm³/mol. The van der Waals surface area contributed by atoms with E-state index >= 15 is 0 Å². The van der Waals surface area contributed by atoms with Crippen LogP contribution in [0.15, 0.2) is 29.6 Å². The minimum absolute atomic E-state index is 0.0433. The average Bonchev–Trinajstić information content (AvgIpc) is 2.83. The van der Waals surface area contributed by atoms with Crippen molar-refractivity contribution < 1.29 is 14.7 Å². The molecule has 0 unspecified atom stereocenters. The fourth-order valence-corrected chi connectivity index (χ4v) is 2.32. The van der Waals surface area contributed by atoms with Crippen molar-refractivity contribution in [2.75, 3.05) is 12.8 Å². The van der Waals surface area contributed by atoms with Crippen molar-refractivity contribution >= 4 is 29.2 Å². The molecule has 0 radical (unpaired) electrons. The zero-order valence-corrected chi connectivity index (χ0v) is 12.9. The van der Waals surface area contributed by atoms with Gasteiger partial charge in [0.15, 0.2) is 10.9 Å². The van der Waals surface area contributed by atoms with Gasteiger partial charge in [0.1, 0.15) is 0 Å². The molecule has 7 heteroatoms. The van der Waals surface area contributed by atoms with E-state index in [4.69, 9.17) is 5.11 Å². The summed E-state index contributed by atoms with van der Waals surface area (Å²) < 4.78 is 1.84. The molecule has 0 aliphatic carbocycles. The Balaban J connectivity index is 2.26. The van der Waals surface area contributed by atoms with Gasteiger partial charge in [0.25, 0.3) is 5.91 Å². The van der Waals surface area contributed by atoms with Crippen molar-refractivity contribution in [1.82, 2.24) is 14.7 Å². The SMILES string of the molecule is CSc1nc(C(=O)NCC(C)(C)C(=O)O)c2ccccn12. The van der Waals surface area contributed by atoms with E-state index in [1.165, 1.54) is 11.8 Å². The number of imidazole rings is 1. The van der Waals surface area contributed by atoms with Crippen LogP contribution in [0.2, 0.25) is 0 Å². The van der Waals surface area contributed by atoms with Gasteiger partial charge in [0, 0.05) is 12.7 Å². The predicted octanol–water partition coefficient (Wildman–Crippen LogP) is 1.90. The zero-order chi connectivity index (χ0) is 15.6. The van der Waals surface area contributed by atoms with E-state index in [0.717, 1.165) is 0 Å². The Morgan fingerprint density at radius 2 is 2.14 bits per heavy atom. The number of carbonyl (C=O) groups is 2. The van der Waals surface area contributed by atoms with Gasteiger partial charge in [0.2, 0.25) is 0 Å². The molecule has 0 bridgehead atoms. The lowest BCUT2D eigenvalue weighted by atomic mass is 9.94. The molecule has 6 nitrogen and oxygen atoms in total. The largest absolute Gasteiger partial charge is 0.481 e. The first-order valence-corrected chi connectivity index (χ1v) is 7.62. The molecule has 0 aliphatic rings. The molecule has 0 atom stereocenters. The first kappa shape index (κ1) is 15.4. The van der Waals surface area contributed by atoms with E-state index in [0.29, 0.717) is 16.4 Å². The Morgan fingerprint density at radius 1 is 1.43 bits per heavy atom. The second-order valence-corrected chi connectivity index (χ2v) is 6.05. The smallest absolute Gasteiger partial charge is 0.310 e. The Kier molecular flexibility index (Phi) is 4.22. The lowest BCUT2D eigenvalue weighted by Gasteiger charge is -2.19. The maximum absolute atomic E-state index is 12.3. The summed E-state index contributed by atoms with van der Waals surface area (Å²) in [6, 6.07) is 5.51. The summed E-state index contributed by atoms with van der Waals surface area (Å²) in [5.74, 6) is -1.32. The van der Waals surface area contributed by atoms with Gasteiger partial charge < -0.3 is 10.4 Å². The molecule has 2 N–H and O–H groups in total. The van der Waals surface area contributed by atoms with Crippen molar-refractivity contribution in [3.63, 3.8) is 0 Å². The van der Waals surface area contributed by atoms with E-state index in [2.05, 4.69) is 10.3 Å². The van der Waals surface area contributed by atoms with Gasteiger partial charge in [0.05, 0.1) is 10.9 Å². The highest BCUT2D eigenvalue weighted by Gasteiger charge is 2.28. The fraction of sp³-hybridized carbons (Fsp3) is 0.357. The Labute approximate surface area is 126 Å². The first-order chi connectivity index (χ1) is 9.86. The van der Waals surface area contributed by atoms with Gasteiger partial charge >= 0.3 is 5.97 Å². The minimum atomic E-state index is -1.02. The molecule has 0 fully saturated rings. The molecule has 1 amide bonds. The molecule has 0 aliphatic heterocycles. The van der Waals surface area contributed by atoms with E-state index in [1.54, 1.807) is 13.8 Å². The summed E-state index contributed by atoms with van der Waals surface area (Å²) in [5, 5.41) is 12.4. The highest BCUT2D eigenvalue weighted by atomic mass is 32.2. The van der Waals surface area contributed by atoms with Crippen molar-refractivity contribution in [2.45, 2.75) is 19.0 Å². The number of carboxylic acids is 1. The van der Waals surface area contributed by atoms with Gasteiger partial charge in [-0.1, -0.05) is 17.8 Å². The van der Waals surface area contributed by atoms with Crippen LogP contribution in [-0.2, 0) is 4.79 Å². The number of hydrogen-bond donors (Lipinski definition) is 2. The number of thioether (sulfide) groups is 1. The Morgan fingerprint density at radius 3 is 2.76 bits per heavy atom. The summed E-state index contributed by atoms with van der Waals surface area (Å²) in [7, 11) is 0. The minimum Gasteiger partial charge on any atom is -0.481 e. The lowest BCUT2D eigenvalue weighted by Crippen LogP contribution is -2.39. The molecule has 2 aromatic rings. The van der Waals surface area contributed by atoms with Crippen LogP contribution in [0.3, 0.4) is 0 Å². The quantitative estimate of drug-likeness (QED) is 0.824. The highest BCUT2D eigenvalue weighted by molar-refractivity contribution is 7.98. The van der Waals surface area contributed by atoms with Gasteiger partial charge in [-0.3, -0.25) is 14.0 Å². The third kappa shape index (κ3) is 3.02. The summed E-state index contributed by atoms with van der Waals surface area (Å²) in [6.07, 6.45) is 3.73. The Bertz CT molecular complexity index is 694. The summed E-state index contributed by atoms with van der Waals surface area (Å²) in [5.41, 5.74) is -0.0123. The average molecular weight is 307 g/mol. The first-order valence-electron chi connectivity index (χ1n) is 6.39. The van der Waals surface area contributed by atoms with E-state index in [-0.39, 0.29) is 12.5 Å². The number of hydrogen-bond acceptors (Lipinski definition) is 4. The third-order valence-corrected chi connectivity index (χ3v) is 3.84. The van der Waals surface area contributed by atoms with Gasteiger partial charge in [-0.25, -0.2) is 4.98 Å². The highest BCUT2D eigenvalue weighted by Crippen LogP contribution is 2.20. The van der Waals surface area contributed by atoms with Crippen molar-refractivity contribution in [1.29, 1.82) is 0 Å². The molecule has 112 valence electrons. The number of amides is 1. The molecule has 21 heavy (non-hydrogen) atoms. The Hall–Kier alpha value is -2.02. The van der Waals surface area contributed by atoms with Crippen LogP contribution in [0.25, 0.3) is 5.52 Å². The number of pyridine rings is 1. The third-order valence-electron chi connectivity index (χ3n) is 3.18. The second kappa shape index (κ2) is 5.77. The van der Waals surface area contributed by atoms with Crippen molar-refractivity contribution in [2.24, 2.45) is 5.41 Å². The van der Waals surface area contributed by atoms with Crippen LogP contribution in [0.1, 0.15) is 24.3 Å². The molecule has 0 aromatic carbocycles. The van der Waals surface area contributed by atoms with Gasteiger partial charge in [-0.2, -0.15) is 0 Å². The topological polar surface area (TPSA) is 83.7 Å². The van der Waals surface area contributed by atoms with Crippen LogP contribution >= 0.6 is 11.8 Å². The van der Waals surface area contributed by atoms with Gasteiger partial charge in [-0.15, -0.1) is 0 Å². The second-order valence-electron chi connectivity index (χ2n) is 5.27. The normalized spacial score (nSPS) is 11.6. The van der Waals surface area contributed by atoms with Crippen LogP contribution in [0.4, 0.5) is 0 Å². The molecule has 0 saturated heterocycles. The number of aromatic nitrogens is 2. The molecule has 2 heterocycles. The number of fused-ring (bicyclic) bond motifs is 1. The molecule has 2 aromatic heterocycles. The van der Waals surface area contributed by atoms with Crippen LogP contribution in [0.5, 0.6) is 0 Å². The molecular formula is C14H17N3O3S. The van der Waals surface area contributed by atoms with Crippen LogP contribution in [0, 0.1) is 5.41 Å². The standard InChI is InChI=1S/C14H17N3O3S/c1-14(2,12(19)20)8-15-11(18)10-9-6-4-5-7-17(9)13(16-10)21-3/h4-7H,8H2,1-3H3,(H,15,18)(H,19,20). The monoisotopic (exact) mass is 307 g/mol. The fourth-order valence-electron chi connectivity index (χ4n) is 1.78. The van der Waals surface area contributed by atoms with Crippen molar-refractivity contribution in [3.8, 4) is 0 Å². The molecule has 0 saturated carbocycles. The van der Waals surface area contributed by atoms with E-state index in [1.807, 2.05) is 35.1 Å². The number of rotatable bonds is 5. The maximum Gasteiger partial charge on any atom is 0.310 e. The van der Waals surface area contributed by atoms with Crippen molar-refractivity contribution in [3.05, 3.63) is 30.1 Å². The number of carbonyl (C=O) groups excluding carboxylic acids is 1. The summed E-state index contributed by atoms with van der Waals surface area (Å²) in [6.45, 7) is 3.17. The van der Waals surface area contributed by atoms with Crippen LogP contribution < -0.4 is 5.32 Å². The number of nitrogens with zero attached hydrogens (tertiary/aromatic N) is 2. The molecule has 0 spiro atoms. The van der Waals surface area contributed by atoms with E-state index in [9.17, 15) is 9.59 Å². The van der Waals surface area contributed by atoms with E-state index < -0.39 is 11.4 Å².